The first-order valence-electron chi connectivity index (χ1n) is 8.28. The van der Waals surface area contributed by atoms with E-state index in [1.54, 1.807) is 10.7 Å². The number of hydrogen-bond acceptors (Lipinski definition) is 7. The second-order valence-electron chi connectivity index (χ2n) is 6.18. The molecule has 1 aliphatic heterocycles. The van der Waals surface area contributed by atoms with E-state index in [-0.39, 0.29) is 0 Å². The lowest BCUT2D eigenvalue weighted by molar-refractivity contribution is 0.521. The van der Waals surface area contributed by atoms with Gasteiger partial charge in [-0.25, -0.2) is 9.97 Å². The van der Waals surface area contributed by atoms with Crippen LogP contribution in [0.15, 0.2) is 30.7 Å². The highest BCUT2D eigenvalue weighted by Crippen LogP contribution is 2.21. The molecule has 4 heterocycles. The summed E-state index contributed by atoms with van der Waals surface area (Å²) in [6.45, 7) is 3.79. The van der Waals surface area contributed by atoms with E-state index in [2.05, 4.69) is 36.3 Å². The summed E-state index contributed by atoms with van der Waals surface area (Å²) in [5.74, 6) is 2.47. The fourth-order valence-electron chi connectivity index (χ4n) is 3.13. The minimum Gasteiger partial charge on any atom is -0.367 e. The predicted octanol–water partition coefficient (Wildman–Crippen LogP) is 1.78. The Bertz CT molecular complexity index is 916. The van der Waals surface area contributed by atoms with Gasteiger partial charge >= 0.3 is 0 Å². The first kappa shape index (κ1) is 15.3. The van der Waals surface area contributed by atoms with Crippen LogP contribution in [0.25, 0.3) is 5.78 Å². The molecule has 0 aliphatic carbocycles. The van der Waals surface area contributed by atoms with Crippen molar-refractivity contribution in [3.63, 3.8) is 0 Å². The van der Waals surface area contributed by atoms with Crippen LogP contribution in [0.4, 0.5) is 11.6 Å². The number of aryl methyl sites for hydroxylation is 1. The van der Waals surface area contributed by atoms with Crippen molar-refractivity contribution in [1.82, 2.24) is 24.6 Å². The summed E-state index contributed by atoms with van der Waals surface area (Å²) in [7, 11) is 0. The number of nitrogens with one attached hydrogen (secondary N) is 1. The van der Waals surface area contributed by atoms with Crippen LogP contribution >= 0.6 is 0 Å². The van der Waals surface area contributed by atoms with Crippen LogP contribution in [0.5, 0.6) is 0 Å². The van der Waals surface area contributed by atoms with E-state index in [0.29, 0.717) is 17.4 Å². The lowest BCUT2D eigenvalue weighted by atomic mass is 10.0. The molecule has 3 aromatic heterocycles. The van der Waals surface area contributed by atoms with Gasteiger partial charge in [0.2, 0.25) is 0 Å². The maximum absolute atomic E-state index is 8.86. The Labute approximate surface area is 145 Å². The molecule has 3 aromatic rings. The number of pyridine rings is 1. The zero-order valence-electron chi connectivity index (χ0n) is 13.9. The van der Waals surface area contributed by atoms with Crippen LogP contribution in [0.3, 0.4) is 0 Å². The summed E-state index contributed by atoms with van der Waals surface area (Å²) >= 11 is 0. The third-order valence-corrected chi connectivity index (χ3v) is 4.43. The molecular formula is C17H18N8. The molecule has 126 valence electrons. The predicted molar refractivity (Wildman–Crippen MR) is 93.3 cm³/mol. The molecule has 1 saturated heterocycles. The van der Waals surface area contributed by atoms with Crippen LogP contribution in [-0.2, 0) is 0 Å². The molecule has 25 heavy (non-hydrogen) atoms. The van der Waals surface area contributed by atoms with Gasteiger partial charge in [-0.1, -0.05) is 0 Å². The minimum atomic E-state index is 0.365. The van der Waals surface area contributed by atoms with Crippen molar-refractivity contribution in [2.75, 3.05) is 23.3 Å². The van der Waals surface area contributed by atoms with Gasteiger partial charge in [0, 0.05) is 37.1 Å². The number of aromatic nitrogens is 5. The molecule has 8 heteroatoms. The molecule has 0 atom stereocenters. The second kappa shape index (κ2) is 6.36. The molecule has 1 N–H and O–H groups in total. The highest BCUT2D eigenvalue weighted by Gasteiger charge is 2.21. The molecule has 0 aromatic carbocycles. The molecule has 0 unspecified atom stereocenters. The summed E-state index contributed by atoms with van der Waals surface area (Å²) < 4.78 is 1.74. The number of nitriles is 1. The molecule has 0 saturated carbocycles. The van der Waals surface area contributed by atoms with E-state index in [0.717, 1.165) is 43.3 Å². The summed E-state index contributed by atoms with van der Waals surface area (Å²) in [5.41, 5.74) is 1.51. The summed E-state index contributed by atoms with van der Waals surface area (Å²) in [4.78, 5) is 15.2. The largest absolute Gasteiger partial charge is 0.367 e. The quantitative estimate of drug-likeness (QED) is 0.780. The standard InChI is InChI=1S/C17H18N8/c1-12-8-16(25-17(22-12)20-11-21-25)23-14-4-6-24(7-5-14)15-3-2-13(9-18)10-19-15/h2-3,8,10-11,14,23H,4-7H2,1H3. The number of rotatable bonds is 3. The van der Waals surface area contributed by atoms with Gasteiger partial charge < -0.3 is 10.2 Å². The SMILES string of the molecule is Cc1cc(NC2CCN(c3ccc(C#N)cn3)CC2)n2ncnc2n1. The maximum Gasteiger partial charge on any atom is 0.254 e. The Hall–Kier alpha value is -3.21. The van der Waals surface area contributed by atoms with Gasteiger partial charge in [0.1, 0.15) is 24.0 Å². The van der Waals surface area contributed by atoms with Crippen LogP contribution in [0.2, 0.25) is 0 Å². The molecule has 0 radical (unpaired) electrons. The average molecular weight is 334 g/mol. The summed E-state index contributed by atoms with van der Waals surface area (Å²) in [5, 5.41) is 16.7. The molecule has 0 spiro atoms. The zero-order chi connectivity index (χ0) is 17.2. The van der Waals surface area contributed by atoms with Crippen molar-refractivity contribution >= 4 is 17.4 Å². The van der Waals surface area contributed by atoms with E-state index in [4.69, 9.17) is 5.26 Å². The maximum atomic E-state index is 8.86. The van der Waals surface area contributed by atoms with Gasteiger partial charge in [0.05, 0.1) is 5.56 Å². The number of anilines is 2. The van der Waals surface area contributed by atoms with E-state index >= 15 is 0 Å². The molecule has 1 aliphatic rings. The molecule has 1 fully saturated rings. The second-order valence-corrected chi connectivity index (χ2v) is 6.18. The van der Waals surface area contributed by atoms with Crippen molar-refractivity contribution in [2.45, 2.75) is 25.8 Å². The fraction of sp³-hybridized carbons (Fsp3) is 0.353. The highest BCUT2D eigenvalue weighted by molar-refractivity contribution is 5.46. The normalized spacial score (nSPS) is 15.3. The molecule has 4 rings (SSSR count). The number of piperidine rings is 1. The third kappa shape index (κ3) is 3.08. The van der Waals surface area contributed by atoms with E-state index < -0.39 is 0 Å². The van der Waals surface area contributed by atoms with Gasteiger partial charge in [0.25, 0.3) is 5.78 Å². The first-order chi connectivity index (χ1) is 12.2. The van der Waals surface area contributed by atoms with Crippen molar-refractivity contribution in [3.05, 3.63) is 42.0 Å². The zero-order valence-corrected chi connectivity index (χ0v) is 13.9. The van der Waals surface area contributed by atoms with Gasteiger partial charge in [-0.3, -0.25) is 0 Å². The van der Waals surface area contributed by atoms with E-state index in [1.807, 2.05) is 25.1 Å². The number of fused-ring (bicyclic) bond motifs is 1. The topological polar surface area (TPSA) is 95.0 Å². The van der Waals surface area contributed by atoms with Crippen molar-refractivity contribution in [1.29, 1.82) is 5.26 Å². The monoisotopic (exact) mass is 334 g/mol. The average Bonchev–Trinajstić information content (AvgIpc) is 3.11. The Balaban J connectivity index is 1.43. The smallest absolute Gasteiger partial charge is 0.254 e. The van der Waals surface area contributed by atoms with Crippen LogP contribution < -0.4 is 10.2 Å². The first-order valence-corrected chi connectivity index (χ1v) is 8.28. The Morgan fingerprint density at radius 3 is 2.80 bits per heavy atom. The van der Waals surface area contributed by atoms with Gasteiger partial charge in [-0.05, 0) is 31.9 Å². The van der Waals surface area contributed by atoms with Crippen LogP contribution in [0.1, 0.15) is 24.1 Å². The lowest BCUT2D eigenvalue weighted by Gasteiger charge is -2.33. The Morgan fingerprint density at radius 1 is 1.24 bits per heavy atom. The van der Waals surface area contributed by atoms with E-state index in [1.165, 1.54) is 6.33 Å². The fourth-order valence-corrected chi connectivity index (χ4v) is 3.13. The molecule has 0 bridgehead atoms. The van der Waals surface area contributed by atoms with Crippen LogP contribution in [0, 0.1) is 18.3 Å². The highest BCUT2D eigenvalue weighted by atomic mass is 15.4. The Kier molecular flexibility index (Phi) is 3.90. The minimum absolute atomic E-state index is 0.365. The Morgan fingerprint density at radius 2 is 2.08 bits per heavy atom. The molecule has 0 amide bonds. The molecule has 8 nitrogen and oxygen atoms in total. The summed E-state index contributed by atoms with van der Waals surface area (Å²) in [6.07, 6.45) is 5.14. The van der Waals surface area contributed by atoms with Crippen molar-refractivity contribution in [3.8, 4) is 6.07 Å². The van der Waals surface area contributed by atoms with Gasteiger partial charge in [-0.15, -0.1) is 0 Å². The van der Waals surface area contributed by atoms with Crippen molar-refractivity contribution in [2.24, 2.45) is 0 Å². The van der Waals surface area contributed by atoms with Crippen molar-refractivity contribution < 1.29 is 0 Å². The summed E-state index contributed by atoms with van der Waals surface area (Å²) in [6, 6.07) is 8.19. The van der Waals surface area contributed by atoms with Gasteiger partial charge in [-0.2, -0.15) is 19.9 Å². The molecular weight excluding hydrogens is 316 g/mol. The number of hydrogen-bond donors (Lipinski definition) is 1. The van der Waals surface area contributed by atoms with E-state index in [9.17, 15) is 0 Å². The van der Waals surface area contributed by atoms with Gasteiger partial charge in [0.15, 0.2) is 0 Å². The third-order valence-electron chi connectivity index (χ3n) is 4.43. The number of nitrogens with zero attached hydrogens (tertiary/aromatic N) is 7. The lowest BCUT2D eigenvalue weighted by Crippen LogP contribution is -2.39. The van der Waals surface area contributed by atoms with Crippen LogP contribution in [-0.4, -0.2) is 43.7 Å².